The summed E-state index contributed by atoms with van der Waals surface area (Å²) in [5.41, 5.74) is 0.597. The molecule has 0 aromatic heterocycles. The molecule has 18 heavy (non-hydrogen) atoms. The molecule has 0 fully saturated rings. The molecule has 102 valence electrons. The Morgan fingerprint density at radius 1 is 1.17 bits per heavy atom. The lowest BCUT2D eigenvalue weighted by Gasteiger charge is -2.28. The van der Waals surface area contributed by atoms with Crippen LogP contribution in [0.3, 0.4) is 0 Å². The van der Waals surface area contributed by atoms with E-state index in [1.807, 2.05) is 13.8 Å². The molecular formula is C13H18Cl3NO. The van der Waals surface area contributed by atoms with Crippen LogP contribution in [0.15, 0.2) is 12.1 Å². The predicted molar refractivity (Wildman–Crippen MR) is 80.3 cm³/mol. The Kier molecular flexibility index (Phi) is 5.60. The second kappa shape index (κ2) is 6.33. The molecule has 1 N–H and O–H groups in total. The fourth-order valence-corrected chi connectivity index (χ4v) is 2.37. The van der Waals surface area contributed by atoms with Gasteiger partial charge in [-0.25, -0.2) is 0 Å². The number of benzene rings is 1. The fourth-order valence-electron chi connectivity index (χ4n) is 1.77. The average molecular weight is 311 g/mol. The Labute approximate surface area is 124 Å². The number of rotatable bonds is 5. The van der Waals surface area contributed by atoms with Crippen LogP contribution in [0.25, 0.3) is 0 Å². The molecule has 0 bridgehead atoms. The summed E-state index contributed by atoms with van der Waals surface area (Å²) in [4.78, 5) is 0. The van der Waals surface area contributed by atoms with E-state index >= 15 is 0 Å². The number of nitrogens with one attached hydrogen (secondary N) is 1. The molecule has 0 amide bonds. The van der Waals surface area contributed by atoms with Crippen molar-refractivity contribution in [3.63, 3.8) is 0 Å². The van der Waals surface area contributed by atoms with Gasteiger partial charge in [-0.05, 0) is 39.3 Å². The maximum Gasteiger partial charge on any atom is 0.0653 e. The minimum Gasteiger partial charge on any atom is -0.381 e. The lowest BCUT2D eigenvalue weighted by atomic mass is 10.00. The highest BCUT2D eigenvalue weighted by Gasteiger charge is 2.20. The summed E-state index contributed by atoms with van der Waals surface area (Å²) in [6, 6.07) is 3.58. The van der Waals surface area contributed by atoms with E-state index in [-0.39, 0.29) is 11.6 Å². The highest BCUT2D eigenvalue weighted by atomic mass is 35.5. The van der Waals surface area contributed by atoms with Crippen LogP contribution in [0.2, 0.25) is 15.1 Å². The molecule has 1 aromatic carbocycles. The van der Waals surface area contributed by atoms with Gasteiger partial charge < -0.3 is 10.1 Å². The SMILES string of the molecule is COC(C)(C)CC(C)Nc1cc(Cl)c(Cl)cc1Cl. The molecule has 1 aromatic rings. The van der Waals surface area contributed by atoms with Gasteiger partial charge in [0.15, 0.2) is 0 Å². The molecule has 5 heteroatoms. The standard InChI is InChI=1S/C13H18Cl3NO/c1-8(7-13(2,3)18-4)17-12-6-10(15)9(14)5-11(12)16/h5-6,8,17H,7H2,1-4H3. The van der Waals surface area contributed by atoms with Crippen molar-refractivity contribution in [2.45, 2.75) is 38.8 Å². The number of hydrogen-bond acceptors (Lipinski definition) is 2. The molecule has 0 heterocycles. The summed E-state index contributed by atoms with van der Waals surface area (Å²) >= 11 is 18.0. The first kappa shape index (κ1) is 15.9. The summed E-state index contributed by atoms with van der Waals surface area (Å²) < 4.78 is 5.40. The average Bonchev–Trinajstić information content (AvgIpc) is 2.25. The van der Waals surface area contributed by atoms with Crippen LogP contribution in [0.4, 0.5) is 5.69 Å². The predicted octanol–water partition coefficient (Wildman–Crippen LogP) is 5.26. The van der Waals surface area contributed by atoms with Crippen LogP contribution in [0.1, 0.15) is 27.2 Å². The highest BCUT2D eigenvalue weighted by molar-refractivity contribution is 6.44. The molecule has 1 rings (SSSR count). The van der Waals surface area contributed by atoms with Crippen LogP contribution in [0.5, 0.6) is 0 Å². The van der Waals surface area contributed by atoms with Gasteiger partial charge in [-0.15, -0.1) is 0 Å². The first-order valence-corrected chi connectivity index (χ1v) is 6.85. The van der Waals surface area contributed by atoms with Gasteiger partial charge in [-0.1, -0.05) is 34.8 Å². The number of methoxy groups -OCH3 is 1. The second-order valence-electron chi connectivity index (χ2n) is 4.96. The summed E-state index contributed by atoms with van der Waals surface area (Å²) in [6.07, 6.45) is 0.847. The van der Waals surface area contributed by atoms with Gasteiger partial charge in [0, 0.05) is 13.2 Å². The third kappa shape index (κ3) is 4.51. The topological polar surface area (TPSA) is 21.3 Å². The minimum atomic E-state index is -0.185. The minimum absolute atomic E-state index is 0.185. The molecule has 0 radical (unpaired) electrons. The lowest BCUT2D eigenvalue weighted by molar-refractivity contribution is 0.0128. The molecule has 0 saturated carbocycles. The fraction of sp³-hybridized carbons (Fsp3) is 0.538. The van der Waals surface area contributed by atoms with Crippen molar-refractivity contribution < 1.29 is 4.74 Å². The maximum absolute atomic E-state index is 6.11. The van der Waals surface area contributed by atoms with Crippen molar-refractivity contribution in [2.24, 2.45) is 0 Å². The molecule has 0 aliphatic rings. The van der Waals surface area contributed by atoms with Crippen LogP contribution >= 0.6 is 34.8 Å². The molecule has 0 saturated heterocycles. The van der Waals surface area contributed by atoms with Crippen molar-refractivity contribution in [1.29, 1.82) is 0 Å². The van der Waals surface area contributed by atoms with E-state index in [1.54, 1.807) is 19.2 Å². The van der Waals surface area contributed by atoms with Crippen molar-refractivity contribution >= 4 is 40.5 Å². The Hall–Kier alpha value is -0.150. The summed E-state index contributed by atoms with van der Waals surface area (Å²) in [5.74, 6) is 0. The van der Waals surface area contributed by atoms with Crippen LogP contribution in [0, 0.1) is 0 Å². The van der Waals surface area contributed by atoms with Crippen LogP contribution < -0.4 is 5.32 Å². The molecule has 0 spiro atoms. The normalized spacial score (nSPS) is 13.5. The molecular weight excluding hydrogens is 293 g/mol. The Balaban J connectivity index is 2.76. The third-order valence-corrected chi connectivity index (χ3v) is 3.80. The van der Waals surface area contributed by atoms with Gasteiger partial charge in [0.1, 0.15) is 0 Å². The van der Waals surface area contributed by atoms with E-state index in [1.165, 1.54) is 0 Å². The zero-order valence-corrected chi connectivity index (χ0v) is 13.2. The Bertz CT molecular complexity index is 421. The number of halogens is 3. The molecule has 1 atom stereocenters. The molecule has 1 unspecified atom stereocenters. The second-order valence-corrected chi connectivity index (χ2v) is 6.18. The van der Waals surface area contributed by atoms with Crippen molar-refractivity contribution in [3.8, 4) is 0 Å². The first-order valence-electron chi connectivity index (χ1n) is 5.71. The Morgan fingerprint density at radius 2 is 1.72 bits per heavy atom. The van der Waals surface area contributed by atoms with Gasteiger partial charge in [-0.2, -0.15) is 0 Å². The van der Waals surface area contributed by atoms with E-state index in [9.17, 15) is 0 Å². The summed E-state index contributed by atoms with van der Waals surface area (Å²) in [6.45, 7) is 6.16. The van der Waals surface area contributed by atoms with Crippen molar-refractivity contribution in [1.82, 2.24) is 0 Å². The quantitative estimate of drug-likeness (QED) is 0.749. The van der Waals surface area contributed by atoms with Gasteiger partial charge in [0.05, 0.1) is 26.4 Å². The molecule has 0 aliphatic carbocycles. The number of anilines is 1. The van der Waals surface area contributed by atoms with Crippen LogP contribution in [-0.2, 0) is 4.74 Å². The summed E-state index contributed by atoms with van der Waals surface area (Å²) in [5, 5.41) is 4.82. The monoisotopic (exact) mass is 309 g/mol. The summed E-state index contributed by atoms with van der Waals surface area (Å²) in [7, 11) is 1.71. The van der Waals surface area contributed by atoms with Gasteiger partial charge in [0.25, 0.3) is 0 Å². The zero-order chi connectivity index (χ0) is 13.9. The smallest absolute Gasteiger partial charge is 0.0653 e. The van der Waals surface area contributed by atoms with E-state index in [2.05, 4.69) is 12.2 Å². The van der Waals surface area contributed by atoms with Gasteiger partial charge in [-0.3, -0.25) is 0 Å². The van der Waals surface area contributed by atoms with Crippen molar-refractivity contribution in [2.75, 3.05) is 12.4 Å². The van der Waals surface area contributed by atoms with Gasteiger partial charge >= 0.3 is 0 Å². The van der Waals surface area contributed by atoms with Gasteiger partial charge in [0.2, 0.25) is 0 Å². The van der Waals surface area contributed by atoms with Crippen LogP contribution in [-0.4, -0.2) is 18.8 Å². The van der Waals surface area contributed by atoms with Crippen molar-refractivity contribution in [3.05, 3.63) is 27.2 Å². The number of hydrogen-bond donors (Lipinski definition) is 1. The van der Waals surface area contributed by atoms with E-state index in [0.29, 0.717) is 15.1 Å². The lowest BCUT2D eigenvalue weighted by Crippen LogP contribution is -2.31. The molecule has 0 aliphatic heterocycles. The van der Waals surface area contributed by atoms with E-state index in [4.69, 9.17) is 39.5 Å². The Morgan fingerprint density at radius 3 is 2.28 bits per heavy atom. The largest absolute Gasteiger partial charge is 0.381 e. The van der Waals surface area contributed by atoms with E-state index in [0.717, 1.165) is 12.1 Å². The first-order chi connectivity index (χ1) is 8.25. The zero-order valence-electron chi connectivity index (χ0n) is 11.0. The maximum atomic E-state index is 6.11. The number of ether oxygens (including phenoxy) is 1. The third-order valence-electron chi connectivity index (χ3n) is 2.76. The highest BCUT2D eigenvalue weighted by Crippen LogP contribution is 2.33. The molecule has 2 nitrogen and oxygen atoms in total. The van der Waals surface area contributed by atoms with E-state index < -0.39 is 0 Å².